The lowest BCUT2D eigenvalue weighted by molar-refractivity contribution is 0.415. The summed E-state index contributed by atoms with van der Waals surface area (Å²) in [5, 5.41) is 0. The smallest absolute Gasteiger partial charge is 0.312 e. The lowest BCUT2D eigenvalue weighted by atomic mass is 9.63. The molecule has 4 rings (SSSR count). The highest BCUT2D eigenvalue weighted by Crippen LogP contribution is 2.25. The molecule has 0 bridgehead atoms. The summed E-state index contributed by atoms with van der Waals surface area (Å²) in [5.74, 6) is 0.555. The standard InChI is InChI=1S/C19H15B2FN2O/c1-25-17-12-10-16(11-13-17)24-21-19-5-3-2-4-18(19)20-23(24)15-8-6-14(22)7-9-15/h2-13H,1H3. The highest BCUT2D eigenvalue weighted by Gasteiger charge is 2.27. The Labute approximate surface area is 148 Å². The van der Waals surface area contributed by atoms with Crippen molar-refractivity contribution in [3.8, 4) is 5.75 Å². The lowest BCUT2D eigenvalue weighted by Gasteiger charge is -2.42. The number of anilines is 2. The van der Waals surface area contributed by atoms with Gasteiger partial charge in [-0.2, -0.15) is 0 Å². The molecule has 0 unspecified atom stereocenters. The Kier molecular flexibility index (Phi) is 4.10. The first-order chi connectivity index (χ1) is 12.2. The summed E-state index contributed by atoms with van der Waals surface area (Å²) in [4.78, 5) is 4.04. The number of benzene rings is 3. The molecule has 0 N–H and O–H groups in total. The maximum atomic E-state index is 13.3. The number of methoxy groups -OCH3 is 1. The van der Waals surface area contributed by atoms with Crippen LogP contribution in [0.3, 0.4) is 0 Å². The van der Waals surface area contributed by atoms with Crippen LogP contribution in [0.15, 0.2) is 72.8 Å². The number of nitrogens with zero attached hydrogens (tertiary/aromatic N) is 2. The second-order valence-electron chi connectivity index (χ2n) is 5.75. The summed E-state index contributed by atoms with van der Waals surface area (Å²) in [6, 6.07) is 22.5. The third kappa shape index (κ3) is 3.07. The highest BCUT2D eigenvalue weighted by atomic mass is 19.1. The zero-order chi connectivity index (χ0) is 17.2. The molecule has 6 heteroatoms. The summed E-state index contributed by atoms with van der Waals surface area (Å²) in [5.41, 5.74) is 4.09. The van der Waals surface area contributed by atoms with E-state index in [1.54, 1.807) is 19.2 Å². The Morgan fingerprint density at radius 1 is 0.720 bits per heavy atom. The summed E-state index contributed by atoms with van der Waals surface area (Å²) < 4.78 is 18.6. The molecule has 1 aliphatic rings. The fraction of sp³-hybridized carbons (Fsp3) is 0.0526. The van der Waals surface area contributed by atoms with E-state index in [1.165, 1.54) is 12.1 Å². The van der Waals surface area contributed by atoms with E-state index in [9.17, 15) is 4.39 Å². The van der Waals surface area contributed by atoms with Gasteiger partial charge < -0.3 is 14.6 Å². The van der Waals surface area contributed by atoms with Crippen LogP contribution >= 0.6 is 0 Å². The molecule has 0 spiro atoms. The number of rotatable bonds is 3. The molecule has 0 saturated carbocycles. The van der Waals surface area contributed by atoms with E-state index in [1.807, 2.05) is 53.7 Å². The fourth-order valence-corrected chi connectivity index (χ4v) is 2.86. The van der Waals surface area contributed by atoms with Crippen LogP contribution in [0.1, 0.15) is 0 Å². The van der Waals surface area contributed by atoms with E-state index in [-0.39, 0.29) is 5.82 Å². The maximum Gasteiger partial charge on any atom is 0.312 e. The molecular formula is C19H15B2FN2O. The van der Waals surface area contributed by atoms with Gasteiger partial charge >= 0.3 is 14.8 Å². The number of ether oxygens (including phenoxy) is 1. The Bertz CT molecular complexity index is 871. The second-order valence-corrected chi connectivity index (χ2v) is 5.75. The number of fused-ring (bicyclic) bond motifs is 1. The lowest BCUT2D eigenvalue weighted by Crippen LogP contribution is -2.63. The number of hydrazine groups is 1. The fourth-order valence-electron chi connectivity index (χ4n) is 2.86. The van der Waals surface area contributed by atoms with Crippen molar-refractivity contribution in [3.63, 3.8) is 0 Å². The predicted molar refractivity (Wildman–Crippen MR) is 102 cm³/mol. The molecular weight excluding hydrogens is 313 g/mol. The molecule has 3 aromatic rings. The van der Waals surface area contributed by atoms with Gasteiger partial charge in [-0.25, -0.2) is 4.39 Å². The minimum atomic E-state index is -0.249. The molecule has 1 aliphatic heterocycles. The van der Waals surface area contributed by atoms with Crippen molar-refractivity contribution >= 4 is 37.1 Å². The highest BCUT2D eigenvalue weighted by molar-refractivity contribution is 6.76. The van der Waals surface area contributed by atoms with Crippen molar-refractivity contribution in [2.45, 2.75) is 0 Å². The molecule has 0 saturated heterocycles. The first-order valence-electron chi connectivity index (χ1n) is 8.01. The average molecular weight is 328 g/mol. The molecule has 2 radical (unpaired) electrons. The number of hydrogen-bond donors (Lipinski definition) is 0. The molecule has 1 heterocycles. The topological polar surface area (TPSA) is 15.7 Å². The Morgan fingerprint density at radius 2 is 1.20 bits per heavy atom. The van der Waals surface area contributed by atoms with Crippen molar-refractivity contribution in [2.24, 2.45) is 0 Å². The van der Waals surface area contributed by atoms with Gasteiger partial charge in [-0.05, 0) is 48.5 Å². The van der Waals surface area contributed by atoms with Crippen molar-refractivity contribution < 1.29 is 9.13 Å². The zero-order valence-corrected chi connectivity index (χ0v) is 13.8. The van der Waals surface area contributed by atoms with Gasteiger partial charge in [0.1, 0.15) is 11.6 Å². The van der Waals surface area contributed by atoms with E-state index in [0.29, 0.717) is 0 Å². The molecule has 3 aromatic carbocycles. The van der Waals surface area contributed by atoms with Gasteiger partial charge in [-0.3, -0.25) is 0 Å². The van der Waals surface area contributed by atoms with Crippen LogP contribution in [0, 0.1) is 5.82 Å². The van der Waals surface area contributed by atoms with Crippen LogP contribution in [-0.2, 0) is 0 Å². The van der Waals surface area contributed by atoms with Gasteiger partial charge in [0.2, 0.25) is 0 Å². The van der Waals surface area contributed by atoms with Gasteiger partial charge in [0.25, 0.3) is 0 Å². The quantitative estimate of drug-likeness (QED) is 0.686. The monoisotopic (exact) mass is 328 g/mol. The minimum absolute atomic E-state index is 0.249. The summed E-state index contributed by atoms with van der Waals surface area (Å²) >= 11 is 0. The molecule has 0 aromatic heterocycles. The van der Waals surface area contributed by atoms with Crippen molar-refractivity contribution in [1.29, 1.82) is 0 Å². The van der Waals surface area contributed by atoms with E-state index in [2.05, 4.69) is 19.5 Å². The minimum Gasteiger partial charge on any atom is -0.497 e. The first-order valence-corrected chi connectivity index (χ1v) is 8.01. The predicted octanol–water partition coefficient (Wildman–Crippen LogP) is 2.27. The Balaban J connectivity index is 1.75. The first kappa shape index (κ1) is 15.6. The summed E-state index contributed by atoms with van der Waals surface area (Å²) in [6.07, 6.45) is 0. The third-order valence-corrected chi connectivity index (χ3v) is 4.18. The van der Waals surface area contributed by atoms with Gasteiger partial charge in [-0.15, -0.1) is 0 Å². The van der Waals surface area contributed by atoms with Crippen molar-refractivity contribution in [1.82, 2.24) is 0 Å². The van der Waals surface area contributed by atoms with Crippen LogP contribution in [0.2, 0.25) is 0 Å². The summed E-state index contributed by atoms with van der Waals surface area (Å²) in [7, 11) is 5.77. The van der Waals surface area contributed by atoms with Gasteiger partial charge in [-0.1, -0.05) is 35.2 Å². The van der Waals surface area contributed by atoms with Crippen molar-refractivity contribution in [2.75, 3.05) is 16.9 Å². The van der Waals surface area contributed by atoms with Gasteiger partial charge in [0.15, 0.2) is 0 Å². The van der Waals surface area contributed by atoms with Gasteiger partial charge in [0.05, 0.1) is 7.11 Å². The van der Waals surface area contributed by atoms with E-state index in [0.717, 1.165) is 28.0 Å². The van der Waals surface area contributed by atoms with E-state index in [4.69, 9.17) is 4.74 Å². The number of halogens is 1. The summed E-state index contributed by atoms with van der Waals surface area (Å²) in [6.45, 7) is 0. The van der Waals surface area contributed by atoms with E-state index >= 15 is 0 Å². The third-order valence-electron chi connectivity index (χ3n) is 4.18. The molecule has 0 fully saturated rings. The van der Waals surface area contributed by atoms with Crippen LogP contribution in [0.4, 0.5) is 15.8 Å². The molecule has 0 amide bonds. The zero-order valence-electron chi connectivity index (χ0n) is 13.8. The van der Waals surface area contributed by atoms with Crippen LogP contribution in [0.5, 0.6) is 5.75 Å². The second kappa shape index (κ2) is 6.55. The average Bonchev–Trinajstić information content (AvgIpc) is 2.68. The molecule has 25 heavy (non-hydrogen) atoms. The Morgan fingerprint density at radius 3 is 1.68 bits per heavy atom. The van der Waals surface area contributed by atoms with Crippen LogP contribution in [0.25, 0.3) is 0 Å². The maximum absolute atomic E-state index is 13.3. The van der Waals surface area contributed by atoms with Gasteiger partial charge in [0, 0.05) is 11.4 Å². The molecule has 0 atom stereocenters. The van der Waals surface area contributed by atoms with E-state index < -0.39 is 0 Å². The molecule has 0 aliphatic carbocycles. The van der Waals surface area contributed by atoms with Crippen molar-refractivity contribution in [3.05, 3.63) is 78.6 Å². The molecule has 3 nitrogen and oxygen atoms in total. The number of hydrogen-bond acceptors (Lipinski definition) is 3. The van der Waals surface area contributed by atoms with Crippen LogP contribution < -0.4 is 25.5 Å². The normalized spacial score (nSPS) is 12.9. The van der Waals surface area contributed by atoms with Crippen LogP contribution in [-0.4, -0.2) is 21.9 Å². The SMILES string of the molecule is COc1ccc(N2[B]c3ccccc3[B]N2c2ccc(F)cc2)cc1. The largest absolute Gasteiger partial charge is 0.497 e. The Hall–Kier alpha value is -2.88. The molecule has 120 valence electrons.